The van der Waals surface area contributed by atoms with Crippen molar-refractivity contribution in [1.82, 2.24) is 8.87 Å². The molecule has 1 saturated heterocycles. The summed E-state index contributed by atoms with van der Waals surface area (Å²) in [4.78, 5) is 6.94. The zero-order chi connectivity index (χ0) is 23.5. The van der Waals surface area contributed by atoms with Crippen molar-refractivity contribution in [3.8, 4) is 10.6 Å². The van der Waals surface area contributed by atoms with E-state index >= 15 is 0 Å². The number of sulfonamides is 1. The normalized spacial score (nSPS) is 15.6. The van der Waals surface area contributed by atoms with Crippen LogP contribution >= 0.6 is 22.7 Å². The molecular formula is C24H22FN3O3S3. The summed E-state index contributed by atoms with van der Waals surface area (Å²) in [5.41, 5.74) is 2.66. The quantitative estimate of drug-likeness (QED) is 0.373. The molecule has 0 unspecified atom stereocenters. The van der Waals surface area contributed by atoms with Crippen LogP contribution in [0.5, 0.6) is 0 Å². The van der Waals surface area contributed by atoms with Gasteiger partial charge in [0.15, 0.2) is 4.80 Å². The Morgan fingerprint density at radius 2 is 1.71 bits per heavy atom. The molecule has 0 spiro atoms. The van der Waals surface area contributed by atoms with Gasteiger partial charge in [0.05, 0.1) is 40.9 Å². The lowest BCUT2D eigenvalue weighted by Gasteiger charge is -2.26. The Morgan fingerprint density at radius 3 is 2.38 bits per heavy atom. The first-order valence-corrected chi connectivity index (χ1v) is 13.9. The van der Waals surface area contributed by atoms with Gasteiger partial charge in [-0.25, -0.2) is 17.8 Å². The highest BCUT2D eigenvalue weighted by Gasteiger charge is 2.26. The summed E-state index contributed by atoms with van der Waals surface area (Å²) in [6.45, 7) is 2.08. The largest absolute Gasteiger partial charge is 0.379 e. The zero-order valence-corrected chi connectivity index (χ0v) is 20.6. The second kappa shape index (κ2) is 9.93. The Balaban J connectivity index is 1.49. The van der Waals surface area contributed by atoms with E-state index in [0.717, 1.165) is 20.9 Å². The number of hydrogen-bond donors (Lipinski definition) is 0. The minimum Gasteiger partial charge on any atom is -0.379 e. The van der Waals surface area contributed by atoms with Gasteiger partial charge in [-0.05, 0) is 53.4 Å². The van der Waals surface area contributed by atoms with Crippen molar-refractivity contribution in [2.45, 2.75) is 11.4 Å². The van der Waals surface area contributed by atoms with E-state index < -0.39 is 10.0 Å². The van der Waals surface area contributed by atoms with Crippen LogP contribution in [-0.2, 0) is 21.3 Å². The first-order valence-electron chi connectivity index (χ1n) is 10.7. The van der Waals surface area contributed by atoms with Crippen molar-refractivity contribution < 1.29 is 17.5 Å². The average molecular weight is 516 g/mol. The van der Waals surface area contributed by atoms with Crippen LogP contribution in [-0.4, -0.2) is 43.6 Å². The molecule has 2 aromatic heterocycles. The number of nitrogens with zero attached hydrogens (tertiary/aromatic N) is 3. The summed E-state index contributed by atoms with van der Waals surface area (Å²) in [5.74, 6) is -0.269. The van der Waals surface area contributed by atoms with Gasteiger partial charge >= 0.3 is 0 Å². The number of ether oxygens (including phenoxy) is 1. The van der Waals surface area contributed by atoms with Gasteiger partial charge in [-0.2, -0.15) is 4.31 Å². The Bertz CT molecular complexity index is 1420. The molecule has 1 aliphatic rings. The van der Waals surface area contributed by atoms with Gasteiger partial charge < -0.3 is 9.30 Å². The zero-order valence-electron chi connectivity index (χ0n) is 18.1. The van der Waals surface area contributed by atoms with Gasteiger partial charge in [-0.1, -0.05) is 18.2 Å². The molecule has 1 aliphatic heterocycles. The van der Waals surface area contributed by atoms with Crippen molar-refractivity contribution in [3.05, 3.63) is 87.6 Å². The molecule has 3 heterocycles. The van der Waals surface area contributed by atoms with Gasteiger partial charge in [0.1, 0.15) is 5.82 Å². The molecule has 6 nitrogen and oxygen atoms in total. The number of morpholine rings is 1. The monoisotopic (exact) mass is 515 g/mol. The van der Waals surface area contributed by atoms with E-state index in [1.54, 1.807) is 47.7 Å². The van der Waals surface area contributed by atoms with Gasteiger partial charge in [-0.3, -0.25) is 0 Å². The summed E-state index contributed by atoms with van der Waals surface area (Å²) in [5, 5.41) is 4.09. The van der Waals surface area contributed by atoms with Gasteiger partial charge in [0, 0.05) is 18.5 Å². The van der Waals surface area contributed by atoms with Crippen LogP contribution in [0.4, 0.5) is 10.1 Å². The molecule has 5 rings (SSSR count). The van der Waals surface area contributed by atoms with Crippen LogP contribution in [0, 0.1) is 5.82 Å². The maximum absolute atomic E-state index is 13.4. The van der Waals surface area contributed by atoms with E-state index in [0.29, 0.717) is 38.5 Å². The van der Waals surface area contributed by atoms with Gasteiger partial charge in [0.2, 0.25) is 10.0 Å². The molecule has 10 heteroatoms. The summed E-state index contributed by atoms with van der Waals surface area (Å²) >= 11 is 3.16. The lowest BCUT2D eigenvalue weighted by molar-refractivity contribution is 0.0730. The Morgan fingerprint density at radius 1 is 0.971 bits per heavy atom. The Kier molecular flexibility index (Phi) is 6.75. The topological polar surface area (TPSA) is 63.9 Å². The average Bonchev–Trinajstić information content (AvgIpc) is 3.52. The highest BCUT2D eigenvalue weighted by atomic mass is 32.2. The van der Waals surface area contributed by atoms with E-state index in [2.05, 4.69) is 16.0 Å². The standard InChI is InChI=1S/C24H22FN3O3S3/c25-19-5-3-18(4-6-19)16-28-22(23-2-1-15-32-23)17-33-24(28)26-20-7-9-21(10-8-20)34(29,30)27-11-13-31-14-12-27/h1-10,15,17H,11-14,16H2. The van der Waals surface area contributed by atoms with Crippen LogP contribution < -0.4 is 4.80 Å². The highest BCUT2D eigenvalue weighted by molar-refractivity contribution is 7.89. The van der Waals surface area contributed by atoms with E-state index in [1.807, 2.05) is 11.4 Å². The molecule has 0 amide bonds. The lowest BCUT2D eigenvalue weighted by Crippen LogP contribution is -2.40. The maximum atomic E-state index is 13.4. The molecule has 34 heavy (non-hydrogen) atoms. The molecule has 0 aliphatic carbocycles. The highest BCUT2D eigenvalue weighted by Crippen LogP contribution is 2.27. The minimum absolute atomic E-state index is 0.248. The molecule has 176 valence electrons. The van der Waals surface area contributed by atoms with Crippen molar-refractivity contribution in [2.75, 3.05) is 26.3 Å². The first kappa shape index (κ1) is 23.1. The number of thiazole rings is 1. The lowest BCUT2D eigenvalue weighted by atomic mass is 10.2. The molecule has 0 radical (unpaired) electrons. The summed E-state index contributed by atoms with van der Waals surface area (Å²) in [6, 6.07) is 17.2. The molecule has 0 saturated carbocycles. The summed E-state index contributed by atoms with van der Waals surface area (Å²) in [7, 11) is -3.55. The van der Waals surface area contributed by atoms with Crippen LogP contribution in [0.1, 0.15) is 5.56 Å². The smallest absolute Gasteiger partial charge is 0.243 e. The fraction of sp³-hybridized carbons (Fsp3) is 0.208. The number of rotatable bonds is 6. The van der Waals surface area contributed by atoms with Crippen molar-refractivity contribution in [3.63, 3.8) is 0 Å². The molecule has 1 fully saturated rings. The van der Waals surface area contributed by atoms with Crippen molar-refractivity contribution >= 4 is 38.4 Å². The fourth-order valence-corrected chi connectivity index (χ4v) is 6.86. The maximum Gasteiger partial charge on any atom is 0.243 e. The van der Waals surface area contributed by atoms with Gasteiger partial charge in [-0.15, -0.1) is 22.7 Å². The van der Waals surface area contributed by atoms with Crippen molar-refractivity contribution in [1.29, 1.82) is 0 Å². The summed E-state index contributed by atoms with van der Waals surface area (Å²) in [6.07, 6.45) is 0. The third-order valence-corrected chi connectivity index (χ3v) is 9.16. The number of halogens is 1. The Hall–Kier alpha value is -2.63. The van der Waals surface area contributed by atoms with Crippen LogP contribution in [0.25, 0.3) is 10.6 Å². The third-order valence-electron chi connectivity index (χ3n) is 5.49. The molecule has 2 aromatic carbocycles. The number of aromatic nitrogens is 1. The summed E-state index contributed by atoms with van der Waals surface area (Å²) < 4.78 is 48.0. The van der Waals surface area contributed by atoms with Crippen LogP contribution in [0.15, 0.2) is 81.3 Å². The first-order chi connectivity index (χ1) is 16.5. The van der Waals surface area contributed by atoms with E-state index in [9.17, 15) is 12.8 Å². The van der Waals surface area contributed by atoms with Crippen LogP contribution in [0.3, 0.4) is 0 Å². The SMILES string of the molecule is O=S(=O)(c1ccc(N=c2scc(-c3cccs3)n2Cc2ccc(F)cc2)cc1)N1CCOCC1. The molecule has 4 aromatic rings. The van der Waals surface area contributed by atoms with E-state index in [-0.39, 0.29) is 10.7 Å². The van der Waals surface area contributed by atoms with Crippen molar-refractivity contribution in [2.24, 2.45) is 4.99 Å². The predicted octanol–water partition coefficient (Wildman–Crippen LogP) is 4.72. The molecule has 0 N–H and O–H groups in total. The second-order valence-corrected chi connectivity index (χ2v) is 11.4. The molecular weight excluding hydrogens is 493 g/mol. The fourth-order valence-electron chi connectivity index (χ4n) is 3.71. The van der Waals surface area contributed by atoms with Gasteiger partial charge in [0.25, 0.3) is 0 Å². The second-order valence-electron chi connectivity index (χ2n) is 7.72. The van der Waals surface area contributed by atoms with Crippen LogP contribution in [0.2, 0.25) is 0 Å². The number of benzene rings is 2. The molecule has 0 bridgehead atoms. The van der Waals surface area contributed by atoms with E-state index in [1.165, 1.54) is 27.8 Å². The third kappa shape index (κ3) is 4.91. The Labute approximate surface area is 205 Å². The predicted molar refractivity (Wildman–Crippen MR) is 132 cm³/mol. The van der Waals surface area contributed by atoms with E-state index in [4.69, 9.17) is 9.73 Å². The minimum atomic E-state index is -3.55. The molecule has 0 atom stereocenters. The number of hydrogen-bond acceptors (Lipinski definition) is 6. The number of thiophene rings is 1.